The Morgan fingerprint density at radius 3 is 3.07 bits per heavy atom. The molecule has 84 valence electrons. The molecule has 1 aromatic heterocycles. The van der Waals surface area contributed by atoms with Crippen LogP contribution in [0.2, 0.25) is 0 Å². The quantitative estimate of drug-likeness (QED) is 0.837. The van der Waals surface area contributed by atoms with Gasteiger partial charge in [0.05, 0.1) is 16.0 Å². The second-order valence-corrected chi connectivity index (χ2v) is 5.55. The highest BCUT2D eigenvalue weighted by Gasteiger charge is 2.12. The molecule has 1 unspecified atom stereocenters. The summed E-state index contributed by atoms with van der Waals surface area (Å²) in [5, 5.41) is 11.5. The Hall–Kier alpha value is -0.550. The minimum absolute atomic E-state index is 0.360. The zero-order valence-electron chi connectivity index (χ0n) is 8.90. The van der Waals surface area contributed by atoms with E-state index in [1.165, 1.54) is 11.8 Å². The van der Waals surface area contributed by atoms with Crippen LogP contribution in [0, 0.1) is 0 Å². The number of carbonyl (C=O) groups is 1. The fraction of sp³-hybridized carbons (Fsp3) is 0.600. The average molecular weight is 245 g/mol. The molecule has 1 aromatic rings. The molecular weight excluding hydrogens is 230 g/mol. The number of hydrogen-bond donors (Lipinski definition) is 1. The molecule has 15 heavy (non-hydrogen) atoms. The lowest BCUT2D eigenvalue weighted by atomic mass is 10.3. The summed E-state index contributed by atoms with van der Waals surface area (Å²) >= 11 is 3.08. The molecule has 0 radical (unpaired) electrons. The zero-order chi connectivity index (χ0) is 11.3. The normalized spacial score (nSPS) is 12.7. The van der Waals surface area contributed by atoms with Crippen LogP contribution in [0.3, 0.4) is 0 Å². The van der Waals surface area contributed by atoms with E-state index < -0.39 is 5.97 Å². The topological polar surface area (TPSA) is 50.2 Å². The van der Waals surface area contributed by atoms with Gasteiger partial charge in [-0.3, -0.25) is 4.79 Å². The van der Waals surface area contributed by atoms with E-state index in [9.17, 15) is 4.79 Å². The maximum Gasteiger partial charge on any atom is 0.316 e. The lowest BCUT2D eigenvalue weighted by Gasteiger charge is -2.03. The molecule has 1 rings (SSSR count). The van der Waals surface area contributed by atoms with E-state index in [2.05, 4.69) is 11.9 Å². The molecule has 0 spiro atoms. The van der Waals surface area contributed by atoms with Crippen LogP contribution in [0.5, 0.6) is 0 Å². The second-order valence-electron chi connectivity index (χ2n) is 3.27. The third-order valence-electron chi connectivity index (χ3n) is 1.89. The van der Waals surface area contributed by atoms with Crippen molar-refractivity contribution in [1.29, 1.82) is 0 Å². The number of aromatic nitrogens is 1. The van der Waals surface area contributed by atoms with E-state index in [4.69, 9.17) is 5.11 Å². The molecule has 0 amide bonds. The van der Waals surface area contributed by atoms with E-state index in [1.807, 2.05) is 5.38 Å². The number of aryl methyl sites for hydroxylation is 1. The van der Waals surface area contributed by atoms with Gasteiger partial charge in [-0.1, -0.05) is 6.92 Å². The lowest BCUT2D eigenvalue weighted by Crippen LogP contribution is -2.11. The van der Waals surface area contributed by atoms with Gasteiger partial charge in [0.15, 0.2) is 0 Å². The first-order valence-electron chi connectivity index (χ1n) is 4.91. The molecule has 0 fully saturated rings. The van der Waals surface area contributed by atoms with E-state index in [0.717, 1.165) is 23.5 Å². The number of rotatable bonds is 6. The Balaban J connectivity index is 2.40. The highest BCUT2D eigenvalue weighted by atomic mass is 32.2. The smallest absolute Gasteiger partial charge is 0.316 e. The van der Waals surface area contributed by atoms with Crippen molar-refractivity contribution in [3.8, 4) is 0 Å². The van der Waals surface area contributed by atoms with Crippen molar-refractivity contribution in [2.24, 2.45) is 0 Å². The number of carboxylic acid groups (broad SMARTS) is 1. The predicted molar refractivity (Wildman–Crippen MR) is 64.5 cm³/mol. The molecular formula is C10H15NO2S2. The predicted octanol–water partition coefficient (Wildman–Crippen LogP) is 2.80. The maximum atomic E-state index is 10.6. The van der Waals surface area contributed by atoms with Crippen molar-refractivity contribution < 1.29 is 9.90 Å². The first-order valence-corrected chi connectivity index (χ1v) is 6.84. The van der Waals surface area contributed by atoms with Crippen molar-refractivity contribution in [3.63, 3.8) is 0 Å². The Labute approximate surface area is 97.9 Å². The van der Waals surface area contributed by atoms with Crippen molar-refractivity contribution in [2.45, 2.75) is 37.7 Å². The number of nitrogens with zero attached hydrogens (tertiary/aromatic N) is 1. The maximum absolute atomic E-state index is 10.6. The van der Waals surface area contributed by atoms with E-state index in [1.54, 1.807) is 18.3 Å². The Bertz CT molecular complexity index is 325. The van der Waals surface area contributed by atoms with Gasteiger partial charge in [0.2, 0.25) is 0 Å². The monoisotopic (exact) mass is 245 g/mol. The van der Waals surface area contributed by atoms with Crippen LogP contribution in [0.1, 0.15) is 31.0 Å². The van der Waals surface area contributed by atoms with Crippen LogP contribution in [-0.4, -0.2) is 21.3 Å². The number of thiazole rings is 1. The Morgan fingerprint density at radius 1 is 1.73 bits per heavy atom. The van der Waals surface area contributed by atoms with Crippen molar-refractivity contribution in [1.82, 2.24) is 4.98 Å². The molecule has 0 saturated carbocycles. The van der Waals surface area contributed by atoms with Gasteiger partial charge in [-0.25, -0.2) is 4.98 Å². The minimum Gasteiger partial charge on any atom is -0.480 e. The molecule has 1 heterocycles. The number of aliphatic carboxylic acids is 1. The molecule has 0 aliphatic heterocycles. The van der Waals surface area contributed by atoms with Gasteiger partial charge < -0.3 is 5.11 Å². The molecule has 0 saturated heterocycles. The SMILES string of the molecule is CCCc1nc(CSC(C)C(=O)O)cs1. The van der Waals surface area contributed by atoms with Crippen LogP contribution in [0.25, 0.3) is 0 Å². The summed E-state index contributed by atoms with van der Waals surface area (Å²) in [6.07, 6.45) is 2.12. The standard InChI is InChI=1S/C10H15NO2S2/c1-3-4-9-11-8(6-15-9)5-14-7(2)10(12)13/h6-7H,3-5H2,1-2H3,(H,12,13). The summed E-state index contributed by atoms with van der Waals surface area (Å²) in [4.78, 5) is 15.0. The summed E-state index contributed by atoms with van der Waals surface area (Å²) in [7, 11) is 0. The summed E-state index contributed by atoms with van der Waals surface area (Å²) in [6, 6.07) is 0. The first kappa shape index (κ1) is 12.5. The molecule has 1 N–H and O–H groups in total. The molecule has 3 nitrogen and oxygen atoms in total. The van der Waals surface area contributed by atoms with Crippen LogP contribution in [0.4, 0.5) is 0 Å². The van der Waals surface area contributed by atoms with Gasteiger partial charge in [0, 0.05) is 11.1 Å². The Kier molecular flexibility index (Phi) is 5.11. The van der Waals surface area contributed by atoms with Crippen LogP contribution >= 0.6 is 23.1 Å². The van der Waals surface area contributed by atoms with Gasteiger partial charge in [0.25, 0.3) is 0 Å². The van der Waals surface area contributed by atoms with Crippen LogP contribution < -0.4 is 0 Å². The van der Waals surface area contributed by atoms with E-state index in [0.29, 0.717) is 5.75 Å². The van der Waals surface area contributed by atoms with Crippen molar-refractivity contribution in [2.75, 3.05) is 0 Å². The largest absolute Gasteiger partial charge is 0.480 e. The highest BCUT2D eigenvalue weighted by molar-refractivity contribution is 7.99. The highest BCUT2D eigenvalue weighted by Crippen LogP contribution is 2.20. The molecule has 0 bridgehead atoms. The summed E-state index contributed by atoms with van der Waals surface area (Å²) in [6.45, 7) is 3.83. The summed E-state index contributed by atoms with van der Waals surface area (Å²) in [5.74, 6) is -0.0720. The molecule has 0 aliphatic rings. The second kappa shape index (κ2) is 6.12. The van der Waals surface area contributed by atoms with Crippen molar-refractivity contribution in [3.05, 3.63) is 16.1 Å². The number of carboxylic acids is 1. The molecule has 0 aromatic carbocycles. The lowest BCUT2D eigenvalue weighted by molar-refractivity contribution is -0.136. The van der Waals surface area contributed by atoms with Crippen molar-refractivity contribution >= 4 is 29.1 Å². The summed E-state index contributed by atoms with van der Waals surface area (Å²) < 4.78 is 0. The van der Waals surface area contributed by atoms with Crippen LogP contribution in [-0.2, 0) is 17.0 Å². The molecule has 1 atom stereocenters. The molecule has 0 aliphatic carbocycles. The van der Waals surface area contributed by atoms with Gasteiger partial charge in [-0.05, 0) is 19.8 Å². The fourth-order valence-electron chi connectivity index (χ4n) is 1.03. The minimum atomic E-state index is -0.760. The van der Waals surface area contributed by atoms with Crippen LogP contribution in [0.15, 0.2) is 5.38 Å². The average Bonchev–Trinajstić information content (AvgIpc) is 2.62. The Morgan fingerprint density at radius 2 is 2.47 bits per heavy atom. The van der Waals surface area contributed by atoms with Gasteiger partial charge >= 0.3 is 5.97 Å². The number of hydrogen-bond acceptors (Lipinski definition) is 4. The third kappa shape index (κ3) is 4.22. The molecule has 5 heteroatoms. The zero-order valence-corrected chi connectivity index (χ0v) is 10.5. The van der Waals surface area contributed by atoms with Gasteiger partial charge in [-0.15, -0.1) is 23.1 Å². The number of thioether (sulfide) groups is 1. The van der Waals surface area contributed by atoms with Gasteiger partial charge in [0.1, 0.15) is 0 Å². The third-order valence-corrected chi connectivity index (χ3v) is 4.01. The van der Waals surface area contributed by atoms with E-state index >= 15 is 0 Å². The first-order chi connectivity index (χ1) is 7.13. The summed E-state index contributed by atoms with van der Waals surface area (Å²) in [5.41, 5.74) is 1.00. The fourth-order valence-corrected chi connectivity index (χ4v) is 2.74. The van der Waals surface area contributed by atoms with E-state index in [-0.39, 0.29) is 5.25 Å². The van der Waals surface area contributed by atoms with Gasteiger partial charge in [-0.2, -0.15) is 0 Å².